The fourth-order valence-electron chi connectivity index (χ4n) is 4.08. The number of hydrogen-bond acceptors (Lipinski definition) is 4. The molecule has 1 heterocycles. The first-order valence-electron chi connectivity index (χ1n) is 11.5. The quantitative estimate of drug-likeness (QED) is 0.645. The number of carbonyl (C=O) groups excluding carboxylic acids is 3. The number of nitrogens with one attached hydrogen (secondary N) is 1. The standard InChI is InChI=1S/C26H31F2N3O4/c1-16(2)20-11-10-18(12-21(20)28)24(17-8-6-5-7-9-17)29-25(33)22-13-19(27)14-31(22)23(32)15-35-26(34)30(3)4/h5-12,16,19,22,24H,13-15H2,1-4H3,(H,29,33). The minimum absolute atomic E-state index is 0.00467. The van der Waals surface area contributed by atoms with Crippen molar-refractivity contribution in [2.24, 2.45) is 0 Å². The van der Waals surface area contributed by atoms with Gasteiger partial charge in [0.2, 0.25) is 5.91 Å². The van der Waals surface area contributed by atoms with Gasteiger partial charge in [0.25, 0.3) is 5.91 Å². The highest BCUT2D eigenvalue weighted by molar-refractivity contribution is 5.90. The van der Waals surface area contributed by atoms with E-state index in [9.17, 15) is 23.2 Å². The van der Waals surface area contributed by atoms with Gasteiger partial charge in [-0.05, 0) is 28.7 Å². The Bertz CT molecular complexity index is 1060. The maximum atomic E-state index is 14.8. The van der Waals surface area contributed by atoms with Crippen LogP contribution in [0.3, 0.4) is 0 Å². The lowest BCUT2D eigenvalue weighted by atomic mass is 9.94. The zero-order valence-electron chi connectivity index (χ0n) is 20.3. The van der Waals surface area contributed by atoms with Gasteiger partial charge in [0.15, 0.2) is 6.61 Å². The Morgan fingerprint density at radius 2 is 1.80 bits per heavy atom. The molecule has 0 spiro atoms. The molecule has 0 aromatic heterocycles. The second kappa shape index (κ2) is 11.3. The molecule has 9 heteroatoms. The highest BCUT2D eigenvalue weighted by atomic mass is 19.1. The van der Waals surface area contributed by atoms with E-state index in [0.717, 1.165) is 9.80 Å². The van der Waals surface area contributed by atoms with E-state index in [1.165, 1.54) is 20.2 Å². The molecular formula is C26H31F2N3O4. The summed E-state index contributed by atoms with van der Waals surface area (Å²) in [5, 5.41) is 2.87. The summed E-state index contributed by atoms with van der Waals surface area (Å²) >= 11 is 0. The van der Waals surface area contributed by atoms with Crippen molar-refractivity contribution in [2.45, 2.75) is 44.4 Å². The van der Waals surface area contributed by atoms with Crippen molar-refractivity contribution in [1.82, 2.24) is 15.1 Å². The number of nitrogens with zero attached hydrogens (tertiary/aromatic N) is 2. The summed E-state index contributed by atoms with van der Waals surface area (Å²) in [6, 6.07) is 12.1. The van der Waals surface area contributed by atoms with Crippen LogP contribution < -0.4 is 5.32 Å². The molecule has 0 radical (unpaired) electrons. The smallest absolute Gasteiger partial charge is 0.409 e. The Kier molecular flexibility index (Phi) is 8.43. The summed E-state index contributed by atoms with van der Waals surface area (Å²) in [7, 11) is 2.94. The average Bonchev–Trinajstić information content (AvgIpc) is 3.22. The van der Waals surface area contributed by atoms with Crippen LogP contribution in [0.25, 0.3) is 0 Å². The maximum Gasteiger partial charge on any atom is 0.409 e. The number of carbonyl (C=O) groups is 3. The van der Waals surface area contributed by atoms with E-state index in [4.69, 9.17) is 4.74 Å². The van der Waals surface area contributed by atoms with Gasteiger partial charge in [0.05, 0.1) is 12.6 Å². The van der Waals surface area contributed by atoms with Crippen LogP contribution in [-0.2, 0) is 14.3 Å². The summed E-state index contributed by atoms with van der Waals surface area (Å²) in [4.78, 5) is 39.8. The third-order valence-electron chi connectivity index (χ3n) is 5.96. The number of amides is 3. The van der Waals surface area contributed by atoms with Crippen LogP contribution in [0.15, 0.2) is 48.5 Å². The van der Waals surface area contributed by atoms with Crippen LogP contribution >= 0.6 is 0 Å². The van der Waals surface area contributed by atoms with E-state index in [1.807, 2.05) is 19.9 Å². The molecule has 3 amide bonds. The van der Waals surface area contributed by atoms with E-state index in [0.29, 0.717) is 16.7 Å². The van der Waals surface area contributed by atoms with Crippen molar-refractivity contribution in [3.05, 3.63) is 71.0 Å². The lowest BCUT2D eigenvalue weighted by Crippen LogP contribution is -2.48. The number of benzene rings is 2. The van der Waals surface area contributed by atoms with Gasteiger partial charge in [-0.3, -0.25) is 9.59 Å². The van der Waals surface area contributed by atoms with Crippen molar-refractivity contribution in [2.75, 3.05) is 27.2 Å². The van der Waals surface area contributed by atoms with Crippen LogP contribution in [0.2, 0.25) is 0 Å². The Morgan fingerprint density at radius 3 is 2.40 bits per heavy atom. The van der Waals surface area contributed by atoms with E-state index < -0.39 is 42.8 Å². The summed E-state index contributed by atoms with van der Waals surface area (Å²) in [6.07, 6.45) is -2.29. The molecule has 1 saturated heterocycles. The van der Waals surface area contributed by atoms with Gasteiger partial charge in [0.1, 0.15) is 18.0 Å². The van der Waals surface area contributed by atoms with Crippen molar-refractivity contribution in [1.29, 1.82) is 0 Å². The molecule has 7 nitrogen and oxygen atoms in total. The molecule has 1 aliphatic heterocycles. The molecule has 3 rings (SSSR count). The highest BCUT2D eigenvalue weighted by Crippen LogP contribution is 2.28. The second-order valence-corrected chi connectivity index (χ2v) is 9.13. The Balaban J connectivity index is 1.83. The van der Waals surface area contributed by atoms with Gasteiger partial charge in [-0.1, -0.05) is 56.3 Å². The number of hydrogen-bond donors (Lipinski definition) is 1. The van der Waals surface area contributed by atoms with Gasteiger partial charge in [-0.25, -0.2) is 13.6 Å². The lowest BCUT2D eigenvalue weighted by molar-refractivity contribution is -0.141. The normalized spacial score (nSPS) is 18.3. The average molecular weight is 488 g/mol. The van der Waals surface area contributed by atoms with Crippen LogP contribution in [-0.4, -0.2) is 67.2 Å². The fourth-order valence-corrected chi connectivity index (χ4v) is 4.08. The molecule has 1 aliphatic rings. The van der Waals surface area contributed by atoms with Gasteiger partial charge >= 0.3 is 6.09 Å². The summed E-state index contributed by atoms with van der Waals surface area (Å²) in [5.41, 5.74) is 1.80. The summed E-state index contributed by atoms with van der Waals surface area (Å²) < 4.78 is 34.0. The molecule has 0 aliphatic carbocycles. The molecule has 2 aromatic carbocycles. The SMILES string of the molecule is CC(C)c1ccc(C(NC(=O)C2CC(F)CN2C(=O)COC(=O)N(C)C)c2ccccc2)cc1F. The third-order valence-corrected chi connectivity index (χ3v) is 5.96. The number of rotatable bonds is 7. The van der Waals surface area contributed by atoms with Gasteiger partial charge in [0, 0.05) is 20.5 Å². The predicted molar refractivity (Wildman–Crippen MR) is 127 cm³/mol. The predicted octanol–water partition coefficient (Wildman–Crippen LogP) is 3.79. The molecule has 0 saturated carbocycles. The van der Waals surface area contributed by atoms with Crippen LogP contribution in [0.1, 0.15) is 48.9 Å². The van der Waals surface area contributed by atoms with E-state index >= 15 is 0 Å². The van der Waals surface area contributed by atoms with E-state index in [2.05, 4.69) is 5.32 Å². The number of halogens is 2. The van der Waals surface area contributed by atoms with E-state index in [1.54, 1.807) is 36.4 Å². The first-order chi connectivity index (χ1) is 16.6. The summed E-state index contributed by atoms with van der Waals surface area (Å²) in [6.45, 7) is 2.91. The Labute approximate surface area is 204 Å². The third kappa shape index (κ3) is 6.35. The molecule has 3 atom stereocenters. The first-order valence-corrected chi connectivity index (χ1v) is 11.5. The maximum absolute atomic E-state index is 14.8. The number of likely N-dealkylation sites (tertiary alicyclic amines) is 1. The van der Waals surface area contributed by atoms with Gasteiger partial charge in [-0.2, -0.15) is 0 Å². The molecule has 1 fully saturated rings. The molecule has 3 unspecified atom stereocenters. The Hall–Kier alpha value is -3.49. The van der Waals surface area contributed by atoms with Gasteiger partial charge in [-0.15, -0.1) is 0 Å². The topological polar surface area (TPSA) is 79.0 Å². The van der Waals surface area contributed by atoms with Crippen molar-refractivity contribution < 1.29 is 27.9 Å². The minimum atomic E-state index is -1.39. The van der Waals surface area contributed by atoms with Crippen LogP contribution in [0.5, 0.6) is 0 Å². The molecule has 1 N–H and O–H groups in total. The number of alkyl halides is 1. The second-order valence-electron chi connectivity index (χ2n) is 9.13. The lowest BCUT2D eigenvalue weighted by Gasteiger charge is -2.27. The van der Waals surface area contributed by atoms with Crippen molar-refractivity contribution >= 4 is 17.9 Å². The largest absolute Gasteiger partial charge is 0.439 e. The Morgan fingerprint density at radius 1 is 1.11 bits per heavy atom. The summed E-state index contributed by atoms with van der Waals surface area (Å²) in [5.74, 6) is -1.62. The van der Waals surface area contributed by atoms with Crippen LogP contribution in [0.4, 0.5) is 13.6 Å². The monoisotopic (exact) mass is 487 g/mol. The zero-order chi connectivity index (χ0) is 25.7. The number of ether oxygens (including phenoxy) is 1. The van der Waals surface area contributed by atoms with E-state index in [-0.39, 0.29) is 24.7 Å². The zero-order valence-corrected chi connectivity index (χ0v) is 20.3. The van der Waals surface area contributed by atoms with Crippen molar-refractivity contribution in [3.8, 4) is 0 Å². The molecule has 188 valence electrons. The fraction of sp³-hybridized carbons (Fsp3) is 0.423. The van der Waals surface area contributed by atoms with Crippen LogP contribution in [0, 0.1) is 5.82 Å². The molecule has 2 aromatic rings. The molecular weight excluding hydrogens is 456 g/mol. The van der Waals surface area contributed by atoms with Gasteiger partial charge < -0.3 is 19.9 Å². The first kappa shape index (κ1) is 26.1. The minimum Gasteiger partial charge on any atom is -0.439 e. The highest BCUT2D eigenvalue weighted by Gasteiger charge is 2.40. The molecule has 0 bridgehead atoms. The van der Waals surface area contributed by atoms with Crippen molar-refractivity contribution in [3.63, 3.8) is 0 Å². The molecule has 35 heavy (non-hydrogen) atoms.